The lowest BCUT2D eigenvalue weighted by atomic mass is 10.2. The Kier molecular flexibility index (Phi) is 5.10. The number of nitrogens with one attached hydrogen (secondary N) is 1. The average Bonchev–Trinajstić information content (AvgIpc) is 3.06. The Hall–Kier alpha value is -3.44. The van der Waals surface area contributed by atoms with Crippen molar-refractivity contribution in [1.29, 1.82) is 5.26 Å². The Morgan fingerprint density at radius 1 is 1.15 bits per heavy atom. The average molecular weight is 365 g/mol. The Balaban J connectivity index is 1.98. The molecule has 0 bridgehead atoms. The molecule has 0 aliphatic heterocycles. The first kappa shape index (κ1) is 17.4. The molecular weight excluding hydrogens is 350 g/mol. The predicted octanol–water partition coefficient (Wildman–Crippen LogP) is 3.38. The SMILES string of the molecule is COc1ccc(-c2n[nH]c(=S)n2/N=C\c2ccc(C#N)cc2)cc1OC. The number of aromatic amines is 1. The van der Waals surface area contributed by atoms with Crippen molar-refractivity contribution < 1.29 is 9.47 Å². The zero-order chi connectivity index (χ0) is 18.5. The summed E-state index contributed by atoms with van der Waals surface area (Å²) in [5.74, 6) is 1.75. The molecule has 130 valence electrons. The molecule has 0 spiro atoms. The molecule has 0 saturated carbocycles. The minimum Gasteiger partial charge on any atom is -0.493 e. The van der Waals surface area contributed by atoms with Crippen LogP contribution in [0.1, 0.15) is 11.1 Å². The van der Waals surface area contributed by atoms with Crippen LogP contribution in [-0.2, 0) is 0 Å². The van der Waals surface area contributed by atoms with Crippen LogP contribution >= 0.6 is 12.2 Å². The van der Waals surface area contributed by atoms with Crippen molar-refractivity contribution >= 4 is 18.4 Å². The quantitative estimate of drug-likeness (QED) is 0.553. The summed E-state index contributed by atoms with van der Waals surface area (Å²) in [7, 11) is 3.15. The minimum absolute atomic E-state index is 0.361. The fraction of sp³-hybridized carbons (Fsp3) is 0.111. The number of rotatable bonds is 5. The standard InChI is InChI=1S/C18H15N5O2S/c1-24-15-8-7-14(9-16(15)25-2)17-21-22-18(26)23(17)20-11-13-5-3-12(10-19)4-6-13/h3-9,11H,1-2H3,(H,22,26)/b20-11-. The molecular formula is C18H15N5O2S. The molecule has 0 unspecified atom stereocenters. The molecule has 0 aliphatic carbocycles. The molecule has 0 fully saturated rings. The van der Waals surface area contributed by atoms with Gasteiger partial charge in [0.05, 0.1) is 32.1 Å². The molecule has 26 heavy (non-hydrogen) atoms. The molecule has 0 amide bonds. The highest BCUT2D eigenvalue weighted by molar-refractivity contribution is 7.71. The smallest absolute Gasteiger partial charge is 0.216 e. The van der Waals surface area contributed by atoms with E-state index in [1.54, 1.807) is 44.7 Å². The molecule has 2 aromatic carbocycles. The van der Waals surface area contributed by atoms with E-state index in [-0.39, 0.29) is 0 Å². The van der Waals surface area contributed by atoms with E-state index in [9.17, 15) is 0 Å². The number of H-pyrrole nitrogens is 1. The molecule has 3 rings (SSSR count). The van der Waals surface area contributed by atoms with E-state index < -0.39 is 0 Å². The molecule has 0 saturated heterocycles. The van der Waals surface area contributed by atoms with Crippen molar-refractivity contribution in [2.24, 2.45) is 5.10 Å². The fourth-order valence-corrected chi connectivity index (χ4v) is 2.51. The minimum atomic E-state index is 0.361. The van der Waals surface area contributed by atoms with Crippen molar-refractivity contribution in [3.05, 3.63) is 58.4 Å². The van der Waals surface area contributed by atoms with E-state index in [0.717, 1.165) is 11.1 Å². The number of hydrogen-bond acceptors (Lipinski definition) is 6. The van der Waals surface area contributed by atoms with Gasteiger partial charge in [-0.15, -0.1) is 0 Å². The highest BCUT2D eigenvalue weighted by atomic mass is 32.1. The van der Waals surface area contributed by atoms with Crippen molar-refractivity contribution in [2.45, 2.75) is 0 Å². The highest BCUT2D eigenvalue weighted by Gasteiger charge is 2.12. The summed E-state index contributed by atoms with van der Waals surface area (Å²) in [5, 5.41) is 20.3. The van der Waals surface area contributed by atoms with Crippen LogP contribution in [0.15, 0.2) is 47.6 Å². The molecule has 0 radical (unpaired) electrons. The summed E-state index contributed by atoms with van der Waals surface area (Å²) in [4.78, 5) is 0. The summed E-state index contributed by atoms with van der Waals surface area (Å²) in [6, 6.07) is 14.6. The number of aromatic nitrogens is 3. The van der Waals surface area contributed by atoms with Gasteiger partial charge >= 0.3 is 0 Å². The van der Waals surface area contributed by atoms with Gasteiger partial charge in [-0.3, -0.25) is 0 Å². The van der Waals surface area contributed by atoms with Crippen LogP contribution in [0.5, 0.6) is 11.5 Å². The lowest BCUT2D eigenvalue weighted by Gasteiger charge is -2.09. The third-order valence-electron chi connectivity index (χ3n) is 3.65. The summed E-state index contributed by atoms with van der Waals surface area (Å²) in [5.41, 5.74) is 2.20. The number of benzene rings is 2. The Bertz CT molecular complexity index is 1040. The van der Waals surface area contributed by atoms with Gasteiger partial charge in [0.15, 0.2) is 17.3 Å². The van der Waals surface area contributed by atoms with Gasteiger partial charge in [0, 0.05) is 5.56 Å². The van der Waals surface area contributed by atoms with E-state index in [1.807, 2.05) is 18.2 Å². The number of ether oxygens (including phenoxy) is 2. The van der Waals surface area contributed by atoms with Crippen LogP contribution in [0, 0.1) is 16.1 Å². The molecule has 1 heterocycles. The van der Waals surface area contributed by atoms with Gasteiger partial charge in [0.2, 0.25) is 4.77 Å². The van der Waals surface area contributed by atoms with Gasteiger partial charge in [0.25, 0.3) is 0 Å². The van der Waals surface area contributed by atoms with Crippen LogP contribution in [0.4, 0.5) is 0 Å². The summed E-state index contributed by atoms with van der Waals surface area (Å²) in [6.45, 7) is 0. The lowest BCUT2D eigenvalue weighted by molar-refractivity contribution is 0.355. The molecule has 0 atom stereocenters. The third kappa shape index (κ3) is 3.48. The van der Waals surface area contributed by atoms with Gasteiger partial charge < -0.3 is 9.47 Å². The first-order valence-electron chi connectivity index (χ1n) is 7.60. The Morgan fingerprint density at radius 2 is 1.88 bits per heavy atom. The monoisotopic (exact) mass is 365 g/mol. The summed E-state index contributed by atoms with van der Waals surface area (Å²) in [6.07, 6.45) is 1.65. The summed E-state index contributed by atoms with van der Waals surface area (Å²) < 4.78 is 12.5. The number of hydrogen-bond donors (Lipinski definition) is 1. The van der Waals surface area contributed by atoms with Gasteiger partial charge in [-0.05, 0) is 48.1 Å². The zero-order valence-corrected chi connectivity index (χ0v) is 14.9. The second-order valence-electron chi connectivity index (χ2n) is 5.21. The van der Waals surface area contributed by atoms with Crippen molar-refractivity contribution in [3.63, 3.8) is 0 Å². The third-order valence-corrected chi connectivity index (χ3v) is 3.92. The van der Waals surface area contributed by atoms with Crippen molar-refractivity contribution in [1.82, 2.24) is 14.9 Å². The largest absolute Gasteiger partial charge is 0.493 e. The second kappa shape index (κ2) is 7.63. The normalized spacial score (nSPS) is 10.7. The predicted molar refractivity (Wildman–Crippen MR) is 100 cm³/mol. The van der Waals surface area contributed by atoms with E-state index in [2.05, 4.69) is 21.4 Å². The van der Waals surface area contributed by atoms with Crippen LogP contribution in [0.3, 0.4) is 0 Å². The highest BCUT2D eigenvalue weighted by Crippen LogP contribution is 2.31. The number of nitrogens with zero attached hydrogens (tertiary/aromatic N) is 4. The number of nitriles is 1. The Morgan fingerprint density at radius 3 is 2.54 bits per heavy atom. The zero-order valence-electron chi connectivity index (χ0n) is 14.1. The van der Waals surface area contributed by atoms with E-state index in [0.29, 0.717) is 27.7 Å². The maximum Gasteiger partial charge on any atom is 0.216 e. The second-order valence-corrected chi connectivity index (χ2v) is 5.60. The maximum atomic E-state index is 8.85. The lowest BCUT2D eigenvalue weighted by Crippen LogP contribution is -1.96. The van der Waals surface area contributed by atoms with E-state index in [1.165, 1.54) is 4.68 Å². The van der Waals surface area contributed by atoms with Crippen molar-refractivity contribution in [3.8, 4) is 29.0 Å². The van der Waals surface area contributed by atoms with Crippen LogP contribution in [0.2, 0.25) is 0 Å². The summed E-state index contributed by atoms with van der Waals surface area (Å²) >= 11 is 5.27. The van der Waals surface area contributed by atoms with Crippen LogP contribution in [-0.4, -0.2) is 35.3 Å². The molecule has 7 nitrogen and oxygen atoms in total. The fourth-order valence-electron chi connectivity index (χ4n) is 2.33. The molecule has 1 aromatic heterocycles. The Labute approximate surface area is 155 Å². The van der Waals surface area contributed by atoms with E-state index >= 15 is 0 Å². The maximum absolute atomic E-state index is 8.85. The molecule has 8 heteroatoms. The van der Waals surface area contributed by atoms with Gasteiger partial charge in [-0.2, -0.15) is 20.1 Å². The first-order chi connectivity index (χ1) is 12.7. The first-order valence-corrected chi connectivity index (χ1v) is 8.01. The van der Waals surface area contributed by atoms with Gasteiger partial charge in [-0.1, -0.05) is 12.1 Å². The molecule has 1 N–H and O–H groups in total. The molecule has 0 aliphatic rings. The van der Waals surface area contributed by atoms with Gasteiger partial charge in [-0.25, -0.2) is 5.10 Å². The van der Waals surface area contributed by atoms with Gasteiger partial charge in [0.1, 0.15) is 0 Å². The van der Waals surface area contributed by atoms with Crippen LogP contribution in [0.25, 0.3) is 11.4 Å². The number of methoxy groups -OCH3 is 2. The van der Waals surface area contributed by atoms with Crippen LogP contribution < -0.4 is 9.47 Å². The molecule has 3 aromatic rings. The van der Waals surface area contributed by atoms with Crippen molar-refractivity contribution in [2.75, 3.05) is 14.2 Å². The van der Waals surface area contributed by atoms with E-state index in [4.69, 9.17) is 27.0 Å². The topological polar surface area (TPSA) is 88.2 Å².